The minimum Gasteiger partial charge on any atom is -0.390 e. The van der Waals surface area contributed by atoms with Crippen molar-refractivity contribution < 1.29 is 23.8 Å². The van der Waals surface area contributed by atoms with Crippen LogP contribution in [0.5, 0.6) is 0 Å². The molecule has 12 heavy (non-hydrogen) atoms. The second-order valence-electron chi connectivity index (χ2n) is 2.48. The molecule has 6 heteroatoms. The molecular formula is C6H13O5P. The maximum atomic E-state index is 9.25. The second kappa shape index (κ2) is 5.07. The molecule has 2 N–H and O–H groups in total. The number of aliphatic hydroxyl groups is 1. The molecular weight excluding hydrogens is 183 g/mol. The van der Waals surface area contributed by atoms with E-state index in [0.29, 0.717) is 13.0 Å². The van der Waals surface area contributed by atoms with E-state index in [1.165, 1.54) is 7.11 Å². The van der Waals surface area contributed by atoms with Gasteiger partial charge in [-0.15, -0.1) is 0 Å². The molecule has 0 aromatic carbocycles. The van der Waals surface area contributed by atoms with Gasteiger partial charge in [0.05, 0.1) is 12.7 Å². The molecule has 0 saturated carbocycles. The van der Waals surface area contributed by atoms with E-state index in [1.807, 2.05) is 0 Å². The summed E-state index contributed by atoms with van der Waals surface area (Å²) < 4.78 is 14.5. The average molecular weight is 196 g/mol. The summed E-state index contributed by atoms with van der Waals surface area (Å²) in [4.78, 5) is 8.89. The van der Waals surface area contributed by atoms with Crippen molar-refractivity contribution >= 4 is 8.60 Å². The van der Waals surface area contributed by atoms with Gasteiger partial charge >= 0.3 is 8.60 Å². The first-order valence-electron chi connectivity index (χ1n) is 3.69. The first-order chi connectivity index (χ1) is 5.74. The lowest BCUT2D eigenvalue weighted by Crippen LogP contribution is -2.25. The molecule has 0 aliphatic carbocycles. The Morgan fingerprint density at radius 1 is 1.67 bits per heavy atom. The van der Waals surface area contributed by atoms with Crippen LogP contribution in [0.3, 0.4) is 0 Å². The van der Waals surface area contributed by atoms with Gasteiger partial charge < -0.3 is 23.8 Å². The summed E-state index contributed by atoms with van der Waals surface area (Å²) in [5.74, 6) is 0. The van der Waals surface area contributed by atoms with Gasteiger partial charge in [-0.1, -0.05) is 0 Å². The Morgan fingerprint density at radius 2 is 2.42 bits per heavy atom. The largest absolute Gasteiger partial charge is 0.390 e. The molecule has 0 bridgehead atoms. The van der Waals surface area contributed by atoms with E-state index in [0.717, 1.165) is 0 Å². The van der Waals surface area contributed by atoms with Crippen LogP contribution in [0, 0.1) is 0 Å². The number of ether oxygens (including phenoxy) is 1. The molecule has 1 aliphatic heterocycles. The van der Waals surface area contributed by atoms with E-state index in [2.05, 4.69) is 4.52 Å². The predicted octanol–water partition coefficient (Wildman–Crippen LogP) is 0.0184. The standard InChI is InChI=1S/C6H13O5P/c1-9-12(8)11-4-6-5(7)2-3-10-6/h5-8H,2-4H2,1H3. The molecule has 0 aromatic heterocycles. The van der Waals surface area contributed by atoms with Crippen molar-refractivity contribution in [3.05, 3.63) is 0 Å². The van der Waals surface area contributed by atoms with Crippen LogP contribution in [-0.4, -0.2) is 42.5 Å². The van der Waals surface area contributed by atoms with Crippen molar-refractivity contribution in [2.45, 2.75) is 18.6 Å². The highest BCUT2D eigenvalue weighted by atomic mass is 31.2. The average Bonchev–Trinajstić information content (AvgIpc) is 2.47. The highest BCUT2D eigenvalue weighted by molar-refractivity contribution is 7.40. The van der Waals surface area contributed by atoms with Crippen LogP contribution < -0.4 is 0 Å². The van der Waals surface area contributed by atoms with Gasteiger partial charge in [0.25, 0.3) is 0 Å². The Morgan fingerprint density at radius 3 is 2.92 bits per heavy atom. The Labute approximate surface area is 72.2 Å². The molecule has 3 atom stereocenters. The van der Waals surface area contributed by atoms with Crippen LogP contribution in [-0.2, 0) is 13.8 Å². The number of hydrogen-bond acceptors (Lipinski definition) is 5. The molecule has 1 fully saturated rings. The molecule has 5 nitrogen and oxygen atoms in total. The van der Waals surface area contributed by atoms with Gasteiger partial charge in [-0.3, -0.25) is 0 Å². The van der Waals surface area contributed by atoms with Crippen LogP contribution in [0.4, 0.5) is 0 Å². The zero-order valence-electron chi connectivity index (χ0n) is 6.84. The Hall–Kier alpha value is 0.230. The third kappa shape index (κ3) is 2.94. The molecule has 1 aliphatic rings. The number of rotatable bonds is 4. The molecule has 0 radical (unpaired) electrons. The van der Waals surface area contributed by atoms with Gasteiger partial charge in [0.2, 0.25) is 0 Å². The second-order valence-corrected chi connectivity index (χ2v) is 3.58. The highest BCUT2D eigenvalue weighted by Gasteiger charge is 2.27. The lowest BCUT2D eigenvalue weighted by Gasteiger charge is -2.14. The molecule has 72 valence electrons. The van der Waals surface area contributed by atoms with Crippen LogP contribution in [0.2, 0.25) is 0 Å². The van der Waals surface area contributed by atoms with Gasteiger partial charge in [-0.2, -0.15) is 0 Å². The minimum atomic E-state index is -1.80. The van der Waals surface area contributed by atoms with Gasteiger partial charge in [0.15, 0.2) is 0 Å². The van der Waals surface area contributed by atoms with Crippen molar-refractivity contribution in [1.82, 2.24) is 0 Å². The van der Waals surface area contributed by atoms with E-state index in [4.69, 9.17) is 14.2 Å². The Bertz CT molecular complexity index is 133. The molecule has 0 aromatic rings. The van der Waals surface area contributed by atoms with Crippen LogP contribution in [0.15, 0.2) is 0 Å². The fourth-order valence-corrected chi connectivity index (χ4v) is 1.37. The third-order valence-electron chi connectivity index (χ3n) is 1.68. The predicted molar refractivity (Wildman–Crippen MR) is 42.5 cm³/mol. The summed E-state index contributed by atoms with van der Waals surface area (Å²) in [6, 6.07) is 0. The number of hydrogen-bond donors (Lipinski definition) is 2. The van der Waals surface area contributed by atoms with Crippen molar-refractivity contribution in [3.8, 4) is 0 Å². The molecule has 1 rings (SSSR count). The van der Waals surface area contributed by atoms with E-state index in [1.54, 1.807) is 0 Å². The summed E-state index contributed by atoms with van der Waals surface area (Å²) in [5, 5.41) is 9.25. The Balaban J connectivity index is 2.13. The fourth-order valence-electron chi connectivity index (χ4n) is 0.986. The van der Waals surface area contributed by atoms with Gasteiger partial charge in [-0.25, -0.2) is 0 Å². The van der Waals surface area contributed by atoms with E-state index in [9.17, 15) is 5.11 Å². The van der Waals surface area contributed by atoms with Crippen molar-refractivity contribution in [2.75, 3.05) is 20.3 Å². The molecule has 0 amide bonds. The van der Waals surface area contributed by atoms with E-state index in [-0.39, 0.29) is 12.7 Å². The van der Waals surface area contributed by atoms with Crippen molar-refractivity contribution in [3.63, 3.8) is 0 Å². The van der Waals surface area contributed by atoms with Gasteiger partial charge in [-0.05, 0) is 6.42 Å². The van der Waals surface area contributed by atoms with Gasteiger partial charge in [0.1, 0.15) is 6.10 Å². The number of aliphatic hydroxyl groups excluding tert-OH is 1. The van der Waals surface area contributed by atoms with Gasteiger partial charge in [0, 0.05) is 13.7 Å². The highest BCUT2D eigenvalue weighted by Crippen LogP contribution is 2.32. The van der Waals surface area contributed by atoms with Crippen molar-refractivity contribution in [2.24, 2.45) is 0 Å². The zero-order valence-corrected chi connectivity index (χ0v) is 7.74. The maximum absolute atomic E-state index is 9.25. The smallest absolute Gasteiger partial charge is 0.329 e. The lowest BCUT2D eigenvalue weighted by molar-refractivity contribution is 0.00728. The molecule has 1 saturated heterocycles. The molecule has 3 unspecified atom stereocenters. The van der Waals surface area contributed by atoms with Crippen molar-refractivity contribution in [1.29, 1.82) is 0 Å². The summed E-state index contributed by atoms with van der Waals surface area (Å²) in [5.41, 5.74) is 0. The monoisotopic (exact) mass is 196 g/mol. The normalized spacial score (nSPS) is 32.2. The van der Waals surface area contributed by atoms with Crippen LogP contribution >= 0.6 is 8.60 Å². The first-order valence-corrected chi connectivity index (χ1v) is 4.82. The third-order valence-corrected chi connectivity index (χ3v) is 2.36. The summed E-state index contributed by atoms with van der Waals surface area (Å²) in [6.07, 6.45) is -0.174. The summed E-state index contributed by atoms with van der Waals surface area (Å²) >= 11 is 0. The SMILES string of the molecule is COP(O)OCC1OCCC1O. The topological polar surface area (TPSA) is 68.2 Å². The maximum Gasteiger partial charge on any atom is 0.329 e. The fraction of sp³-hybridized carbons (Fsp3) is 1.00. The summed E-state index contributed by atoms with van der Waals surface area (Å²) in [6.45, 7) is 0.725. The van der Waals surface area contributed by atoms with Crippen LogP contribution in [0.25, 0.3) is 0 Å². The zero-order chi connectivity index (χ0) is 8.97. The minimum absolute atomic E-state index is 0.178. The van der Waals surface area contributed by atoms with E-state index >= 15 is 0 Å². The Kier molecular flexibility index (Phi) is 4.35. The first kappa shape index (κ1) is 10.3. The molecule has 1 heterocycles. The van der Waals surface area contributed by atoms with E-state index < -0.39 is 14.7 Å². The lowest BCUT2D eigenvalue weighted by atomic mass is 10.2. The molecule has 0 spiro atoms. The quantitative estimate of drug-likeness (QED) is 0.620. The summed E-state index contributed by atoms with van der Waals surface area (Å²) in [7, 11) is -0.446. The van der Waals surface area contributed by atoms with Crippen LogP contribution in [0.1, 0.15) is 6.42 Å².